The Labute approximate surface area is 188 Å². The van der Waals surface area contributed by atoms with Gasteiger partial charge < -0.3 is 9.47 Å². The number of hydrogen-bond donors (Lipinski definition) is 0. The van der Waals surface area contributed by atoms with Crippen LogP contribution < -0.4 is 0 Å². The second-order valence-electron chi connectivity index (χ2n) is 7.71. The van der Waals surface area contributed by atoms with Crippen molar-refractivity contribution in [2.75, 3.05) is 13.2 Å². The van der Waals surface area contributed by atoms with Crippen molar-refractivity contribution in [2.45, 2.75) is 30.1 Å². The summed E-state index contributed by atoms with van der Waals surface area (Å²) in [6.45, 7) is 1.90. The molecule has 0 unspecified atom stereocenters. The quantitative estimate of drug-likeness (QED) is 0.505. The van der Waals surface area contributed by atoms with Gasteiger partial charge in [0.1, 0.15) is 6.10 Å². The molecule has 164 valence electrons. The van der Waals surface area contributed by atoms with E-state index in [1.54, 1.807) is 36.4 Å². The lowest BCUT2D eigenvalue weighted by Gasteiger charge is -2.29. The van der Waals surface area contributed by atoms with E-state index >= 15 is 0 Å². The van der Waals surface area contributed by atoms with E-state index < -0.39 is 22.0 Å². The van der Waals surface area contributed by atoms with Crippen molar-refractivity contribution in [1.82, 2.24) is 0 Å². The fourth-order valence-corrected chi connectivity index (χ4v) is 4.53. The summed E-state index contributed by atoms with van der Waals surface area (Å²) in [6.07, 6.45) is -0.143. The molecular weight excluding hydrogens is 426 g/mol. The minimum absolute atomic E-state index is 0.102. The number of aryl methyl sites for hydroxylation is 1. The minimum Gasteiger partial charge on any atom is -0.343 e. The molecule has 0 amide bonds. The zero-order valence-electron chi connectivity index (χ0n) is 17.6. The summed E-state index contributed by atoms with van der Waals surface area (Å²) in [5.41, 5.74) is 3.25. The molecule has 0 N–H and O–H groups in total. The molecule has 1 aliphatic rings. The van der Waals surface area contributed by atoms with Crippen molar-refractivity contribution in [3.8, 4) is 6.07 Å². The van der Waals surface area contributed by atoms with Crippen LogP contribution in [-0.2, 0) is 36.0 Å². The number of nitrogens with zero attached hydrogens (tertiary/aromatic N) is 1. The van der Waals surface area contributed by atoms with Crippen LogP contribution >= 0.6 is 0 Å². The highest BCUT2D eigenvalue weighted by Crippen LogP contribution is 2.38. The van der Waals surface area contributed by atoms with Gasteiger partial charge in [-0.05, 0) is 36.8 Å². The highest BCUT2D eigenvalue weighted by molar-refractivity contribution is 7.86. The standard InChI is InChI=1S/C25H23NO5S/c1-19-7-13-24(14-8-19)32(27,28)30-18-23-17-29-25(31-23,15-20-5-3-2-4-6-20)22-11-9-21(16-26)10-12-22/h2-14,23H,15,17-18H2,1H3/t23-,25+/m0/s1. The van der Waals surface area contributed by atoms with Crippen LogP contribution in [0, 0.1) is 18.3 Å². The first-order chi connectivity index (χ1) is 15.4. The van der Waals surface area contributed by atoms with E-state index in [2.05, 4.69) is 6.07 Å². The van der Waals surface area contributed by atoms with Crippen LogP contribution in [0.15, 0.2) is 83.8 Å². The maximum Gasteiger partial charge on any atom is 0.297 e. The second-order valence-corrected chi connectivity index (χ2v) is 9.32. The van der Waals surface area contributed by atoms with Crippen molar-refractivity contribution in [3.63, 3.8) is 0 Å². The van der Waals surface area contributed by atoms with E-state index in [4.69, 9.17) is 18.9 Å². The van der Waals surface area contributed by atoms with Crippen molar-refractivity contribution < 1.29 is 22.1 Å². The second kappa shape index (κ2) is 9.23. The van der Waals surface area contributed by atoms with Crippen molar-refractivity contribution >= 4 is 10.1 Å². The van der Waals surface area contributed by atoms with Gasteiger partial charge in [0.15, 0.2) is 5.79 Å². The first-order valence-electron chi connectivity index (χ1n) is 10.2. The Morgan fingerprint density at radius 1 is 1.03 bits per heavy atom. The molecule has 4 rings (SSSR count). The Balaban J connectivity index is 1.52. The zero-order valence-corrected chi connectivity index (χ0v) is 18.4. The molecule has 1 saturated heterocycles. The molecule has 0 spiro atoms. The van der Waals surface area contributed by atoms with Gasteiger partial charge >= 0.3 is 0 Å². The van der Waals surface area contributed by atoms with E-state index in [9.17, 15) is 8.42 Å². The third kappa shape index (κ3) is 4.90. The number of hydrogen-bond acceptors (Lipinski definition) is 6. The molecule has 3 aromatic carbocycles. The van der Waals surface area contributed by atoms with Crippen LogP contribution in [-0.4, -0.2) is 27.7 Å². The highest BCUT2D eigenvalue weighted by atomic mass is 32.2. The molecule has 6 nitrogen and oxygen atoms in total. The van der Waals surface area contributed by atoms with Crippen LogP contribution in [0.2, 0.25) is 0 Å². The molecule has 0 bridgehead atoms. The first-order valence-corrected chi connectivity index (χ1v) is 11.6. The highest BCUT2D eigenvalue weighted by Gasteiger charge is 2.44. The Bertz CT molecular complexity index is 1200. The summed E-state index contributed by atoms with van der Waals surface area (Å²) in [7, 11) is -3.91. The van der Waals surface area contributed by atoms with Gasteiger partial charge in [-0.2, -0.15) is 13.7 Å². The molecule has 1 fully saturated rings. The van der Waals surface area contributed by atoms with Gasteiger partial charge in [-0.15, -0.1) is 0 Å². The monoisotopic (exact) mass is 449 g/mol. The van der Waals surface area contributed by atoms with Gasteiger partial charge in [-0.1, -0.05) is 60.2 Å². The molecule has 2 atom stereocenters. The maximum atomic E-state index is 12.5. The van der Waals surface area contributed by atoms with E-state index in [0.29, 0.717) is 12.0 Å². The van der Waals surface area contributed by atoms with Crippen LogP contribution in [0.25, 0.3) is 0 Å². The number of ether oxygens (including phenoxy) is 2. The van der Waals surface area contributed by atoms with Gasteiger partial charge in [0, 0.05) is 12.0 Å². The lowest BCUT2D eigenvalue weighted by atomic mass is 9.96. The molecule has 0 radical (unpaired) electrons. The first kappa shape index (κ1) is 22.2. The SMILES string of the molecule is Cc1ccc(S(=O)(=O)OC[C@@H]2CO[C@@](Cc3ccccc3)(c3ccc(C#N)cc3)O2)cc1. The average molecular weight is 450 g/mol. The molecule has 0 saturated carbocycles. The fraction of sp³-hybridized carbons (Fsp3) is 0.240. The van der Waals surface area contributed by atoms with E-state index in [-0.39, 0.29) is 18.1 Å². The van der Waals surface area contributed by atoms with Gasteiger partial charge in [0.2, 0.25) is 0 Å². The van der Waals surface area contributed by atoms with Gasteiger partial charge in [0.05, 0.1) is 29.7 Å². The Morgan fingerprint density at radius 3 is 2.38 bits per heavy atom. The molecule has 3 aromatic rings. The summed E-state index contributed by atoms with van der Waals surface area (Å²) < 4.78 is 42.8. The maximum absolute atomic E-state index is 12.5. The lowest BCUT2D eigenvalue weighted by molar-refractivity contribution is -0.178. The number of nitriles is 1. The van der Waals surface area contributed by atoms with Crippen LogP contribution in [0.1, 0.15) is 22.3 Å². The predicted octanol–water partition coefficient (Wildman–Crippen LogP) is 4.08. The summed E-state index contributed by atoms with van der Waals surface area (Å²) in [5, 5.41) is 9.10. The largest absolute Gasteiger partial charge is 0.343 e. The smallest absolute Gasteiger partial charge is 0.297 e. The zero-order chi connectivity index (χ0) is 22.6. The van der Waals surface area contributed by atoms with Crippen molar-refractivity contribution in [1.29, 1.82) is 5.26 Å². The van der Waals surface area contributed by atoms with Gasteiger partial charge in [0.25, 0.3) is 10.1 Å². The third-order valence-corrected chi connectivity index (χ3v) is 6.61. The normalized spacial score (nSPS) is 20.7. The Kier molecular flexibility index (Phi) is 6.40. The number of benzene rings is 3. The molecule has 1 aliphatic heterocycles. The Hall–Kier alpha value is -3.02. The third-order valence-electron chi connectivity index (χ3n) is 5.31. The van der Waals surface area contributed by atoms with E-state index in [0.717, 1.165) is 16.7 Å². The lowest BCUT2D eigenvalue weighted by Crippen LogP contribution is -2.32. The van der Waals surface area contributed by atoms with Crippen LogP contribution in [0.4, 0.5) is 0 Å². The summed E-state index contributed by atoms with van der Waals surface area (Å²) >= 11 is 0. The van der Waals surface area contributed by atoms with E-state index in [1.807, 2.05) is 37.3 Å². The topological polar surface area (TPSA) is 85.6 Å². The average Bonchev–Trinajstić information content (AvgIpc) is 3.23. The fourth-order valence-electron chi connectivity index (χ4n) is 3.59. The summed E-state index contributed by atoms with van der Waals surface area (Å²) in [4.78, 5) is 0.102. The van der Waals surface area contributed by atoms with Gasteiger partial charge in [-0.25, -0.2) is 0 Å². The molecular formula is C25H23NO5S. The minimum atomic E-state index is -3.91. The number of rotatable bonds is 7. The van der Waals surface area contributed by atoms with E-state index in [1.165, 1.54) is 12.1 Å². The molecule has 0 aliphatic carbocycles. The van der Waals surface area contributed by atoms with Crippen LogP contribution in [0.3, 0.4) is 0 Å². The molecule has 32 heavy (non-hydrogen) atoms. The molecule has 1 heterocycles. The predicted molar refractivity (Wildman–Crippen MR) is 118 cm³/mol. The summed E-state index contributed by atoms with van der Waals surface area (Å²) in [6, 6.07) is 25.4. The molecule has 0 aromatic heterocycles. The Morgan fingerprint density at radius 2 is 1.72 bits per heavy atom. The van der Waals surface area contributed by atoms with Crippen molar-refractivity contribution in [3.05, 3.63) is 101 Å². The van der Waals surface area contributed by atoms with Gasteiger partial charge in [-0.3, -0.25) is 4.18 Å². The molecule has 7 heteroatoms. The summed E-state index contributed by atoms with van der Waals surface area (Å²) in [5.74, 6) is -1.10. The van der Waals surface area contributed by atoms with Crippen LogP contribution in [0.5, 0.6) is 0 Å². The van der Waals surface area contributed by atoms with Crippen molar-refractivity contribution in [2.24, 2.45) is 0 Å².